The first-order valence-corrected chi connectivity index (χ1v) is 5.75. The van der Waals surface area contributed by atoms with E-state index in [1.54, 1.807) is 12.2 Å². The van der Waals surface area contributed by atoms with Crippen LogP contribution in [0.3, 0.4) is 0 Å². The van der Waals surface area contributed by atoms with E-state index in [4.69, 9.17) is 11.6 Å². The Hall–Kier alpha value is -0.750. The van der Waals surface area contributed by atoms with E-state index in [9.17, 15) is 0 Å². The summed E-state index contributed by atoms with van der Waals surface area (Å²) in [5, 5.41) is 0.689. The average molecular weight is 225 g/mol. The summed E-state index contributed by atoms with van der Waals surface area (Å²) in [6.07, 6.45) is 6.90. The van der Waals surface area contributed by atoms with Gasteiger partial charge in [0.25, 0.3) is 0 Å². The largest absolute Gasteiger partial charge is 0.0995 e. The summed E-state index contributed by atoms with van der Waals surface area (Å²) in [6, 6.07) is 0. The molecule has 1 atom stereocenters. The molecule has 0 aliphatic heterocycles. The number of hydrogen-bond donors (Lipinski definition) is 0. The maximum atomic E-state index is 6.10. The van der Waals surface area contributed by atoms with Crippen molar-refractivity contribution in [1.29, 1.82) is 0 Å². The molecule has 15 heavy (non-hydrogen) atoms. The summed E-state index contributed by atoms with van der Waals surface area (Å²) in [7, 11) is 0. The van der Waals surface area contributed by atoms with Crippen molar-refractivity contribution < 1.29 is 0 Å². The van der Waals surface area contributed by atoms with E-state index < -0.39 is 0 Å². The number of halogens is 1. The van der Waals surface area contributed by atoms with Crippen molar-refractivity contribution in [3.8, 4) is 0 Å². The van der Waals surface area contributed by atoms with Crippen LogP contribution in [0.1, 0.15) is 33.1 Å². The third-order valence-electron chi connectivity index (χ3n) is 2.43. The lowest BCUT2D eigenvalue weighted by Crippen LogP contribution is -2.05. The number of rotatable bonds is 7. The minimum atomic E-state index is 0.300. The molecule has 1 unspecified atom stereocenters. The van der Waals surface area contributed by atoms with E-state index in [-0.39, 0.29) is 0 Å². The van der Waals surface area contributed by atoms with Gasteiger partial charge in [0.05, 0.1) is 0 Å². The van der Waals surface area contributed by atoms with Gasteiger partial charge in [0.15, 0.2) is 0 Å². The summed E-state index contributed by atoms with van der Waals surface area (Å²) in [6.45, 7) is 15.9. The SMILES string of the molecule is C=C/C=C(/Cl)C(=C)C(CCCC)C(=C)C. The monoisotopic (exact) mass is 224 g/mol. The van der Waals surface area contributed by atoms with Crippen molar-refractivity contribution in [3.05, 3.63) is 48.1 Å². The Bertz CT molecular complexity index is 271. The molecule has 0 bridgehead atoms. The molecule has 0 aliphatic carbocycles. The van der Waals surface area contributed by atoms with Crippen molar-refractivity contribution >= 4 is 11.6 Å². The van der Waals surface area contributed by atoms with Crippen LogP contribution in [0.4, 0.5) is 0 Å². The molecule has 0 fully saturated rings. The van der Waals surface area contributed by atoms with Crippen LogP contribution in [-0.4, -0.2) is 0 Å². The van der Waals surface area contributed by atoms with E-state index in [1.807, 2.05) is 6.92 Å². The zero-order valence-electron chi connectivity index (χ0n) is 9.85. The summed E-state index contributed by atoms with van der Waals surface area (Å²) >= 11 is 6.10. The highest BCUT2D eigenvalue weighted by Gasteiger charge is 2.14. The van der Waals surface area contributed by atoms with Crippen LogP contribution in [0, 0.1) is 5.92 Å². The predicted molar refractivity (Wildman–Crippen MR) is 71.1 cm³/mol. The van der Waals surface area contributed by atoms with Gasteiger partial charge < -0.3 is 0 Å². The molecule has 0 saturated heterocycles. The number of hydrogen-bond acceptors (Lipinski definition) is 0. The Morgan fingerprint density at radius 3 is 2.40 bits per heavy atom. The van der Waals surface area contributed by atoms with Gasteiger partial charge in [0.1, 0.15) is 0 Å². The maximum absolute atomic E-state index is 6.10. The summed E-state index contributed by atoms with van der Waals surface area (Å²) in [5.41, 5.74) is 2.08. The average Bonchev–Trinajstić information content (AvgIpc) is 2.18. The maximum Gasteiger partial charge on any atom is 0.0437 e. The molecule has 84 valence electrons. The van der Waals surface area contributed by atoms with Crippen molar-refractivity contribution in [1.82, 2.24) is 0 Å². The van der Waals surface area contributed by atoms with Gasteiger partial charge in [-0.05, 0) is 25.0 Å². The minimum absolute atomic E-state index is 0.300. The lowest BCUT2D eigenvalue weighted by molar-refractivity contribution is 0.603. The summed E-state index contributed by atoms with van der Waals surface area (Å²) in [4.78, 5) is 0. The van der Waals surface area contributed by atoms with Crippen LogP contribution < -0.4 is 0 Å². The molecule has 0 aromatic rings. The fourth-order valence-corrected chi connectivity index (χ4v) is 1.72. The molecule has 0 heterocycles. The van der Waals surface area contributed by atoms with Crippen LogP contribution in [0.5, 0.6) is 0 Å². The smallest absolute Gasteiger partial charge is 0.0437 e. The highest BCUT2D eigenvalue weighted by Crippen LogP contribution is 2.30. The van der Waals surface area contributed by atoms with Gasteiger partial charge in [0, 0.05) is 11.0 Å². The molecule has 0 amide bonds. The van der Waals surface area contributed by atoms with Gasteiger partial charge in [0.2, 0.25) is 0 Å². The molecule has 0 saturated carbocycles. The normalized spacial score (nSPS) is 13.4. The van der Waals surface area contributed by atoms with Gasteiger partial charge in [-0.25, -0.2) is 0 Å². The Labute approximate surface area is 99.0 Å². The third-order valence-corrected chi connectivity index (χ3v) is 2.80. The van der Waals surface area contributed by atoms with E-state index in [1.165, 1.54) is 12.8 Å². The fourth-order valence-electron chi connectivity index (χ4n) is 1.50. The first-order chi connectivity index (χ1) is 7.04. The fraction of sp³-hybridized carbons (Fsp3) is 0.429. The molecule has 0 aromatic heterocycles. The third kappa shape index (κ3) is 5.03. The zero-order valence-corrected chi connectivity index (χ0v) is 10.6. The lowest BCUT2D eigenvalue weighted by Gasteiger charge is -2.19. The second kappa shape index (κ2) is 7.53. The first kappa shape index (κ1) is 14.2. The molecule has 0 aromatic carbocycles. The summed E-state index contributed by atoms with van der Waals surface area (Å²) in [5.74, 6) is 0.300. The zero-order chi connectivity index (χ0) is 11.8. The van der Waals surface area contributed by atoms with Gasteiger partial charge in [-0.3, -0.25) is 0 Å². The second-order valence-corrected chi connectivity index (χ2v) is 4.22. The predicted octanol–water partition coefficient (Wildman–Crippen LogP) is 5.23. The van der Waals surface area contributed by atoms with E-state index >= 15 is 0 Å². The molecule has 0 radical (unpaired) electrons. The van der Waals surface area contributed by atoms with Gasteiger partial charge in [-0.15, -0.1) is 0 Å². The minimum Gasteiger partial charge on any atom is -0.0995 e. The van der Waals surface area contributed by atoms with Crippen molar-refractivity contribution in [3.63, 3.8) is 0 Å². The number of unbranched alkanes of at least 4 members (excludes halogenated alkanes) is 1. The Morgan fingerprint density at radius 1 is 1.40 bits per heavy atom. The first-order valence-electron chi connectivity index (χ1n) is 5.37. The quantitative estimate of drug-likeness (QED) is 0.410. The van der Waals surface area contributed by atoms with Gasteiger partial charge in [-0.1, -0.05) is 62.8 Å². The Balaban J connectivity index is 4.62. The Morgan fingerprint density at radius 2 is 2.00 bits per heavy atom. The summed E-state index contributed by atoms with van der Waals surface area (Å²) < 4.78 is 0. The molecule has 0 N–H and O–H groups in total. The van der Waals surface area contributed by atoms with Crippen molar-refractivity contribution in [2.45, 2.75) is 33.1 Å². The van der Waals surface area contributed by atoms with Gasteiger partial charge >= 0.3 is 0 Å². The second-order valence-electron chi connectivity index (χ2n) is 3.82. The van der Waals surface area contributed by atoms with Crippen LogP contribution >= 0.6 is 11.6 Å². The van der Waals surface area contributed by atoms with E-state index in [2.05, 4.69) is 26.7 Å². The standard InChI is InChI=1S/C14H21Cl/c1-6-8-10-13(11(3)4)12(5)14(15)9-7-2/h7,9,13H,2-3,5-6,8,10H2,1,4H3/b14-9+. The molecule has 0 nitrogen and oxygen atoms in total. The molecule has 0 spiro atoms. The van der Waals surface area contributed by atoms with E-state index in [0.29, 0.717) is 11.0 Å². The molecule has 0 aliphatic rings. The number of allylic oxidation sites excluding steroid dienone is 5. The molecular weight excluding hydrogens is 204 g/mol. The van der Waals surface area contributed by atoms with Crippen LogP contribution in [0.25, 0.3) is 0 Å². The van der Waals surface area contributed by atoms with Crippen molar-refractivity contribution in [2.24, 2.45) is 5.92 Å². The van der Waals surface area contributed by atoms with Gasteiger partial charge in [-0.2, -0.15) is 0 Å². The highest BCUT2D eigenvalue weighted by atomic mass is 35.5. The van der Waals surface area contributed by atoms with Crippen LogP contribution in [0.15, 0.2) is 48.1 Å². The molecule has 0 rings (SSSR count). The van der Waals surface area contributed by atoms with Crippen molar-refractivity contribution in [2.75, 3.05) is 0 Å². The van der Waals surface area contributed by atoms with Crippen LogP contribution in [-0.2, 0) is 0 Å². The van der Waals surface area contributed by atoms with Crippen LogP contribution in [0.2, 0.25) is 0 Å². The lowest BCUT2D eigenvalue weighted by atomic mass is 9.88. The topological polar surface area (TPSA) is 0 Å². The van der Waals surface area contributed by atoms with E-state index in [0.717, 1.165) is 17.6 Å². The molecule has 1 heteroatoms. The Kier molecular flexibility index (Phi) is 7.15. The highest BCUT2D eigenvalue weighted by molar-refractivity contribution is 6.32. The molecular formula is C14H21Cl.